The molecule has 0 fully saturated rings. The van der Waals surface area contributed by atoms with E-state index in [2.05, 4.69) is 18.7 Å². The number of benzene rings is 1. The molecule has 1 unspecified atom stereocenters. The van der Waals surface area contributed by atoms with Crippen LogP contribution in [-0.2, 0) is 0 Å². The van der Waals surface area contributed by atoms with Gasteiger partial charge in [0, 0.05) is 12.6 Å². The van der Waals surface area contributed by atoms with E-state index in [1.165, 1.54) is 12.8 Å². The summed E-state index contributed by atoms with van der Waals surface area (Å²) in [6.45, 7) is 7.21. The number of methoxy groups -OCH3 is 1. The highest BCUT2D eigenvalue weighted by molar-refractivity contribution is 5.55. The maximum atomic E-state index is 6.04. The largest absolute Gasteiger partial charge is 0.493 e. The van der Waals surface area contributed by atoms with Gasteiger partial charge in [-0.1, -0.05) is 20.3 Å². The van der Waals surface area contributed by atoms with Gasteiger partial charge >= 0.3 is 0 Å². The molecule has 118 valence electrons. The van der Waals surface area contributed by atoms with Crippen molar-refractivity contribution in [1.29, 1.82) is 0 Å². The molecule has 0 spiro atoms. The van der Waals surface area contributed by atoms with Crippen molar-refractivity contribution in [2.24, 2.45) is 5.73 Å². The Balaban J connectivity index is 2.29. The fourth-order valence-corrected chi connectivity index (χ4v) is 2.73. The van der Waals surface area contributed by atoms with Gasteiger partial charge in [-0.25, -0.2) is 0 Å². The summed E-state index contributed by atoms with van der Waals surface area (Å²) in [5, 5.41) is 0. The molecule has 0 saturated carbocycles. The molecule has 1 heterocycles. The van der Waals surface area contributed by atoms with Gasteiger partial charge in [0.15, 0.2) is 11.5 Å². The highest BCUT2D eigenvalue weighted by Crippen LogP contribution is 2.43. The molecule has 2 rings (SSSR count). The lowest BCUT2D eigenvalue weighted by Gasteiger charge is -2.30. The van der Waals surface area contributed by atoms with Gasteiger partial charge in [-0.15, -0.1) is 0 Å². The van der Waals surface area contributed by atoms with Crippen LogP contribution in [0.4, 0.5) is 0 Å². The summed E-state index contributed by atoms with van der Waals surface area (Å²) in [6.07, 6.45) is 2.35. The second-order valence-electron chi connectivity index (χ2n) is 5.19. The summed E-state index contributed by atoms with van der Waals surface area (Å²) >= 11 is 0. The zero-order valence-corrected chi connectivity index (χ0v) is 13.2. The molecule has 0 aliphatic carbocycles. The molecular weight excluding hydrogens is 268 g/mol. The molecule has 1 atom stereocenters. The number of nitrogens with two attached hydrogens (primary N) is 1. The van der Waals surface area contributed by atoms with Crippen LogP contribution in [0.2, 0.25) is 0 Å². The fraction of sp³-hybridized carbons (Fsp3) is 0.625. The fourth-order valence-electron chi connectivity index (χ4n) is 2.73. The summed E-state index contributed by atoms with van der Waals surface area (Å²) in [7, 11) is 1.65. The summed E-state index contributed by atoms with van der Waals surface area (Å²) in [6, 6.07) is 4.21. The molecule has 0 aromatic heterocycles. The van der Waals surface area contributed by atoms with E-state index in [0.717, 1.165) is 24.4 Å². The predicted molar refractivity (Wildman–Crippen MR) is 83.1 cm³/mol. The third kappa shape index (κ3) is 3.41. The average Bonchev–Trinajstić information content (AvgIpc) is 2.98. The number of ether oxygens (including phenoxy) is 3. The van der Waals surface area contributed by atoms with Crippen molar-refractivity contribution >= 4 is 0 Å². The van der Waals surface area contributed by atoms with Gasteiger partial charge in [0.2, 0.25) is 12.5 Å². The molecule has 1 aromatic carbocycles. The summed E-state index contributed by atoms with van der Waals surface area (Å²) in [5.74, 6) is 2.15. The van der Waals surface area contributed by atoms with E-state index in [9.17, 15) is 0 Å². The summed E-state index contributed by atoms with van der Waals surface area (Å²) < 4.78 is 16.4. The van der Waals surface area contributed by atoms with Gasteiger partial charge in [-0.05, 0) is 37.2 Å². The van der Waals surface area contributed by atoms with Crippen molar-refractivity contribution < 1.29 is 14.2 Å². The molecule has 5 nitrogen and oxygen atoms in total. The van der Waals surface area contributed by atoms with Crippen LogP contribution in [0.25, 0.3) is 0 Å². The van der Waals surface area contributed by atoms with E-state index >= 15 is 0 Å². The Bertz CT molecular complexity index is 465. The lowest BCUT2D eigenvalue weighted by Crippen LogP contribution is -2.34. The quantitative estimate of drug-likeness (QED) is 0.798. The summed E-state index contributed by atoms with van der Waals surface area (Å²) in [4.78, 5) is 2.40. The molecule has 0 radical (unpaired) electrons. The monoisotopic (exact) mass is 294 g/mol. The standard InChI is InChI=1S/C16H26N2O3/c1-4-6-7-18(5-2)13(10-17)12-8-14(19-3)16-15(9-12)20-11-21-16/h8-9,13H,4-7,10-11,17H2,1-3H3. The first kappa shape index (κ1) is 15.9. The Morgan fingerprint density at radius 2 is 2.14 bits per heavy atom. The van der Waals surface area contributed by atoms with Crippen LogP contribution in [0.1, 0.15) is 38.3 Å². The number of hydrogen-bond acceptors (Lipinski definition) is 5. The van der Waals surface area contributed by atoms with E-state index in [4.69, 9.17) is 19.9 Å². The van der Waals surface area contributed by atoms with Crippen LogP contribution in [0.15, 0.2) is 12.1 Å². The van der Waals surface area contributed by atoms with Crippen molar-refractivity contribution in [2.75, 3.05) is 33.5 Å². The number of unbranched alkanes of at least 4 members (excludes halogenated alkanes) is 1. The number of likely N-dealkylation sites (N-methyl/N-ethyl adjacent to an activating group) is 1. The van der Waals surface area contributed by atoms with E-state index in [1.54, 1.807) is 7.11 Å². The maximum Gasteiger partial charge on any atom is 0.231 e. The summed E-state index contributed by atoms with van der Waals surface area (Å²) in [5.41, 5.74) is 7.16. The SMILES string of the molecule is CCCCN(CC)C(CN)c1cc(OC)c2c(c1)OCO2. The smallest absolute Gasteiger partial charge is 0.231 e. The van der Waals surface area contributed by atoms with Crippen LogP contribution in [0.3, 0.4) is 0 Å². The van der Waals surface area contributed by atoms with E-state index < -0.39 is 0 Å². The number of nitrogens with zero attached hydrogens (tertiary/aromatic N) is 1. The first-order valence-electron chi connectivity index (χ1n) is 7.66. The van der Waals surface area contributed by atoms with Crippen LogP contribution in [0.5, 0.6) is 17.2 Å². The number of rotatable bonds is 8. The highest BCUT2D eigenvalue weighted by Gasteiger charge is 2.25. The Morgan fingerprint density at radius 3 is 2.76 bits per heavy atom. The van der Waals surface area contributed by atoms with Crippen molar-refractivity contribution in [3.05, 3.63) is 17.7 Å². The first-order chi connectivity index (χ1) is 10.2. The molecule has 2 N–H and O–H groups in total. The van der Waals surface area contributed by atoms with Crippen molar-refractivity contribution in [3.8, 4) is 17.2 Å². The lowest BCUT2D eigenvalue weighted by atomic mass is 10.0. The molecule has 1 aromatic rings. The second-order valence-corrected chi connectivity index (χ2v) is 5.19. The van der Waals surface area contributed by atoms with E-state index in [1.807, 2.05) is 12.1 Å². The molecule has 0 amide bonds. The van der Waals surface area contributed by atoms with Gasteiger partial charge in [0.25, 0.3) is 0 Å². The van der Waals surface area contributed by atoms with Crippen LogP contribution < -0.4 is 19.9 Å². The van der Waals surface area contributed by atoms with E-state index in [0.29, 0.717) is 18.0 Å². The van der Waals surface area contributed by atoms with Crippen molar-refractivity contribution in [2.45, 2.75) is 32.7 Å². The first-order valence-corrected chi connectivity index (χ1v) is 7.66. The van der Waals surface area contributed by atoms with Gasteiger partial charge in [-0.3, -0.25) is 4.90 Å². The van der Waals surface area contributed by atoms with Crippen LogP contribution in [-0.4, -0.2) is 38.4 Å². The average molecular weight is 294 g/mol. The number of fused-ring (bicyclic) bond motifs is 1. The molecule has 1 aliphatic rings. The minimum atomic E-state index is 0.171. The molecule has 1 aliphatic heterocycles. The molecular formula is C16H26N2O3. The Labute approximate surface area is 127 Å². The predicted octanol–water partition coefficient (Wildman–Crippen LogP) is 2.55. The minimum Gasteiger partial charge on any atom is -0.493 e. The zero-order valence-electron chi connectivity index (χ0n) is 13.2. The Hall–Kier alpha value is -1.46. The van der Waals surface area contributed by atoms with E-state index in [-0.39, 0.29) is 12.8 Å². The topological polar surface area (TPSA) is 57.0 Å². The van der Waals surface area contributed by atoms with Crippen molar-refractivity contribution in [3.63, 3.8) is 0 Å². The number of hydrogen-bond donors (Lipinski definition) is 1. The Morgan fingerprint density at radius 1 is 1.33 bits per heavy atom. The lowest BCUT2D eigenvalue weighted by molar-refractivity contribution is 0.171. The van der Waals surface area contributed by atoms with Gasteiger partial charge in [0.1, 0.15) is 0 Å². The van der Waals surface area contributed by atoms with Gasteiger partial charge in [-0.2, -0.15) is 0 Å². The molecule has 0 saturated heterocycles. The molecule has 0 bridgehead atoms. The molecule has 5 heteroatoms. The maximum absolute atomic E-state index is 6.04. The Kier molecular flexibility index (Phi) is 5.70. The molecule has 21 heavy (non-hydrogen) atoms. The second kappa shape index (κ2) is 7.52. The highest BCUT2D eigenvalue weighted by atomic mass is 16.7. The third-order valence-corrected chi connectivity index (χ3v) is 3.93. The third-order valence-electron chi connectivity index (χ3n) is 3.93. The zero-order chi connectivity index (χ0) is 15.2. The van der Waals surface area contributed by atoms with Gasteiger partial charge < -0.3 is 19.9 Å². The normalized spacial score (nSPS) is 14.5. The van der Waals surface area contributed by atoms with Crippen molar-refractivity contribution in [1.82, 2.24) is 4.90 Å². The minimum absolute atomic E-state index is 0.171. The van der Waals surface area contributed by atoms with Crippen LogP contribution >= 0.6 is 0 Å². The van der Waals surface area contributed by atoms with Gasteiger partial charge in [0.05, 0.1) is 7.11 Å². The van der Waals surface area contributed by atoms with Crippen LogP contribution in [0, 0.1) is 0 Å².